The number of rotatable bonds is 2. The van der Waals surface area contributed by atoms with Gasteiger partial charge in [-0.05, 0) is 42.8 Å². The van der Waals surface area contributed by atoms with E-state index >= 15 is 0 Å². The molecule has 4 rings (SSSR count). The summed E-state index contributed by atoms with van der Waals surface area (Å²) >= 11 is 0. The van der Waals surface area contributed by atoms with Crippen molar-refractivity contribution in [3.63, 3.8) is 0 Å². The highest BCUT2D eigenvalue weighted by molar-refractivity contribution is 6.24. The molecule has 0 radical (unpaired) electrons. The minimum Gasteiger partial charge on any atom is -0.361 e. The molecule has 0 aliphatic carbocycles. The van der Waals surface area contributed by atoms with Crippen LogP contribution in [0.4, 0.5) is 16.2 Å². The molecule has 1 saturated heterocycles. The molecular formula is C17H14N4O2. The molecule has 1 aromatic carbocycles. The maximum absolute atomic E-state index is 11.8. The molecular weight excluding hydrogens is 292 g/mol. The highest BCUT2D eigenvalue weighted by atomic mass is 16.2. The Morgan fingerprint density at radius 1 is 1.26 bits per heavy atom. The van der Waals surface area contributed by atoms with E-state index in [0.717, 1.165) is 28.1 Å². The number of allylic oxidation sites excluding steroid dienone is 2. The Bertz CT molecular complexity index is 878. The van der Waals surface area contributed by atoms with Crippen LogP contribution in [-0.4, -0.2) is 29.7 Å². The molecule has 2 aliphatic rings. The molecule has 2 aromatic rings. The second-order valence-electron chi connectivity index (χ2n) is 5.52. The third-order valence-corrected chi connectivity index (χ3v) is 4.11. The molecule has 0 bridgehead atoms. The van der Waals surface area contributed by atoms with Crippen molar-refractivity contribution in [3.05, 3.63) is 47.8 Å². The van der Waals surface area contributed by atoms with Crippen molar-refractivity contribution in [2.75, 3.05) is 11.4 Å². The van der Waals surface area contributed by atoms with Crippen molar-refractivity contribution in [1.29, 1.82) is 0 Å². The van der Waals surface area contributed by atoms with E-state index in [1.165, 1.54) is 4.90 Å². The molecule has 3 heterocycles. The molecule has 3 amide bonds. The van der Waals surface area contributed by atoms with Crippen LogP contribution >= 0.6 is 0 Å². The number of nitrogens with one attached hydrogen (secondary N) is 2. The van der Waals surface area contributed by atoms with Crippen LogP contribution in [0.25, 0.3) is 11.1 Å². The fraction of sp³-hybridized carbons (Fsp3) is 0.118. The van der Waals surface area contributed by atoms with Gasteiger partial charge in [-0.1, -0.05) is 0 Å². The van der Waals surface area contributed by atoms with Gasteiger partial charge in [-0.3, -0.25) is 20.0 Å². The summed E-state index contributed by atoms with van der Waals surface area (Å²) < 4.78 is 0. The van der Waals surface area contributed by atoms with E-state index in [2.05, 4.69) is 15.3 Å². The van der Waals surface area contributed by atoms with Crippen LogP contribution in [0.2, 0.25) is 0 Å². The van der Waals surface area contributed by atoms with Crippen molar-refractivity contribution in [3.8, 4) is 0 Å². The molecule has 0 unspecified atom stereocenters. The number of H-pyrrole nitrogens is 1. The monoisotopic (exact) mass is 306 g/mol. The van der Waals surface area contributed by atoms with Gasteiger partial charge in [0.2, 0.25) is 5.91 Å². The highest BCUT2D eigenvalue weighted by Crippen LogP contribution is 2.38. The van der Waals surface area contributed by atoms with Crippen molar-refractivity contribution in [2.24, 2.45) is 4.99 Å². The van der Waals surface area contributed by atoms with Crippen molar-refractivity contribution < 1.29 is 9.59 Å². The molecule has 6 heteroatoms. The first-order chi connectivity index (χ1) is 11.1. The summed E-state index contributed by atoms with van der Waals surface area (Å²) in [4.78, 5) is 32.3. The van der Waals surface area contributed by atoms with Crippen LogP contribution < -0.4 is 10.2 Å². The Kier molecular flexibility index (Phi) is 2.90. The van der Waals surface area contributed by atoms with Crippen LogP contribution in [-0.2, 0) is 4.79 Å². The number of nitrogens with zero attached hydrogens (tertiary/aromatic N) is 2. The Balaban J connectivity index is 1.78. The normalized spacial score (nSPS) is 18.4. The minimum atomic E-state index is -0.388. The Labute approximate surface area is 132 Å². The highest BCUT2D eigenvalue weighted by Gasteiger charge is 2.29. The van der Waals surface area contributed by atoms with Crippen LogP contribution in [0, 0.1) is 0 Å². The smallest absolute Gasteiger partial charge is 0.329 e. The maximum Gasteiger partial charge on any atom is 0.329 e. The first-order valence-electron chi connectivity index (χ1n) is 7.28. The van der Waals surface area contributed by atoms with Crippen LogP contribution in [0.1, 0.15) is 18.2 Å². The standard InChI is InChI=1S/C17H14N4O2/c1-10(14-3-2-6-18-14)13-8-19-15-5-4-11(7-12(13)15)21-9-16(22)20-17(21)23/h2-8,18H,9H2,1H3,(H,20,22,23). The summed E-state index contributed by atoms with van der Waals surface area (Å²) in [7, 11) is 0. The summed E-state index contributed by atoms with van der Waals surface area (Å²) in [6.07, 6.45) is 3.71. The van der Waals surface area contributed by atoms with E-state index in [9.17, 15) is 9.59 Å². The number of benzene rings is 1. The summed E-state index contributed by atoms with van der Waals surface area (Å²) in [6.45, 7) is 2.08. The van der Waals surface area contributed by atoms with Crippen molar-refractivity contribution >= 4 is 40.7 Å². The number of urea groups is 1. The van der Waals surface area contributed by atoms with E-state index in [0.29, 0.717) is 5.69 Å². The first-order valence-corrected chi connectivity index (χ1v) is 7.28. The van der Waals surface area contributed by atoms with Crippen molar-refractivity contribution in [1.82, 2.24) is 10.3 Å². The van der Waals surface area contributed by atoms with E-state index in [4.69, 9.17) is 0 Å². The van der Waals surface area contributed by atoms with Gasteiger partial charge < -0.3 is 4.98 Å². The quantitative estimate of drug-likeness (QED) is 0.837. The molecule has 2 aliphatic heterocycles. The Morgan fingerprint density at radius 3 is 2.83 bits per heavy atom. The van der Waals surface area contributed by atoms with E-state index in [-0.39, 0.29) is 18.5 Å². The van der Waals surface area contributed by atoms with Gasteiger partial charge in [0.05, 0.1) is 5.69 Å². The SMILES string of the molecule is CC(=C1C=Nc2ccc(N3CC(=O)NC3=O)cc21)c1ccc[nH]1. The topological polar surface area (TPSA) is 77.6 Å². The number of aromatic amines is 1. The van der Waals surface area contributed by atoms with Crippen molar-refractivity contribution in [2.45, 2.75) is 6.92 Å². The fourth-order valence-corrected chi connectivity index (χ4v) is 2.88. The first kappa shape index (κ1) is 13.5. The Morgan fingerprint density at radius 2 is 2.13 bits per heavy atom. The van der Waals surface area contributed by atoms with E-state index in [1.807, 2.05) is 43.6 Å². The second-order valence-corrected chi connectivity index (χ2v) is 5.52. The van der Waals surface area contributed by atoms with Crippen LogP contribution in [0.15, 0.2) is 41.5 Å². The Hall–Kier alpha value is -3.15. The predicted octanol–water partition coefficient (Wildman–Crippen LogP) is 2.72. The zero-order valence-corrected chi connectivity index (χ0v) is 12.5. The van der Waals surface area contributed by atoms with Gasteiger partial charge in [0, 0.05) is 34.9 Å². The van der Waals surface area contributed by atoms with E-state index < -0.39 is 0 Å². The predicted molar refractivity (Wildman–Crippen MR) is 88.8 cm³/mol. The molecule has 23 heavy (non-hydrogen) atoms. The average Bonchev–Trinajstić information content (AvgIpc) is 3.25. The largest absolute Gasteiger partial charge is 0.361 e. The molecule has 0 spiro atoms. The van der Waals surface area contributed by atoms with Gasteiger partial charge in [0.15, 0.2) is 0 Å². The molecule has 1 aromatic heterocycles. The van der Waals surface area contributed by atoms with Gasteiger partial charge in [0.25, 0.3) is 0 Å². The number of hydrogen-bond donors (Lipinski definition) is 2. The zero-order valence-electron chi connectivity index (χ0n) is 12.5. The molecule has 6 nitrogen and oxygen atoms in total. The number of fused-ring (bicyclic) bond motifs is 1. The molecule has 0 saturated carbocycles. The van der Waals surface area contributed by atoms with E-state index in [1.54, 1.807) is 6.07 Å². The summed E-state index contributed by atoms with van der Waals surface area (Å²) in [5.41, 5.74) is 5.63. The number of anilines is 1. The summed E-state index contributed by atoms with van der Waals surface area (Å²) in [6, 6.07) is 9.14. The third-order valence-electron chi connectivity index (χ3n) is 4.11. The maximum atomic E-state index is 11.8. The number of carbonyl (C=O) groups excluding carboxylic acids is 2. The lowest BCUT2D eigenvalue weighted by Gasteiger charge is -2.15. The zero-order chi connectivity index (χ0) is 16.0. The second kappa shape index (κ2) is 4.95. The van der Waals surface area contributed by atoms with Crippen LogP contribution in [0.3, 0.4) is 0 Å². The van der Waals surface area contributed by atoms with Gasteiger partial charge in [0.1, 0.15) is 6.54 Å². The van der Waals surface area contributed by atoms with Gasteiger partial charge in [-0.15, -0.1) is 0 Å². The van der Waals surface area contributed by atoms with Gasteiger partial charge in [-0.25, -0.2) is 4.79 Å². The summed E-state index contributed by atoms with van der Waals surface area (Å²) in [5.74, 6) is -0.287. The molecule has 0 atom stereocenters. The summed E-state index contributed by atoms with van der Waals surface area (Å²) in [5, 5.41) is 2.29. The lowest BCUT2D eigenvalue weighted by molar-refractivity contribution is -0.117. The lowest BCUT2D eigenvalue weighted by Crippen LogP contribution is -2.27. The molecule has 1 fully saturated rings. The minimum absolute atomic E-state index is 0.0487. The third kappa shape index (κ3) is 2.15. The molecule has 2 N–H and O–H groups in total. The van der Waals surface area contributed by atoms with Gasteiger partial charge in [-0.2, -0.15) is 0 Å². The van der Waals surface area contributed by atoms with Crippen LogP contribution in [0.5, 0.6) is 0 Å². The average molecular weight is 306 g/mol. The molecule has 114 valence electrons. The number of hydrogen-bond acceptors (Lipinski definition) is 3. The number of amides is 3. The number of aliphatic imine (C=N–C) groups is 1. The van der Waals surface area contributed by atoms with Gasteiger partial charge >= 0.3 is 6.03 Å². The fourth-order valence-electron chi connectivity index (χ4n) is 2.88. The lowest BCUT2D eigenvalue weighted by atomic mass is 9.99. The number of imide groups is 1. The number of carbonyl (C=O) groups is 2. The number of aromatic nitrogens is 1.